The van der Waals surface area contributed by atoms with Crippen LogP contribution in [0.4, 0.5) is 11.4 Å². The van der Waals surface area contributed by atoms with Crippen molar-refractivity contribution in [2.24, 2.45) is 0 Å². The number of anilines is 2. The second-order valence-electron chi connectivity index (χ2n) is 6.55. The van der Waals surface area contributed by atoms with Crippen LogP contribution in [0.3, 0.4) is 0 Å². The highest BCUT2D eigenvalue weighted by Gasteiger charge is 2.14. The number of nitrogens with zero attached hydrogens (tertiary/aromatic N) is 2. The summed E-state index contributed by atoms with van der Waals surface area (Å²) in [7, 11) is 0. The number of pyridine rings is 1. The summed E-state index contributed by atoms with van der Waals surface area (Å²) in [5, 5.41) is 2.99. The Hall–Kier alpha value is -2.36. The lowest BCUT2D eigenvalue weighted by Gasteiger charge is -2.28. The molecule has 4 nitrogen and oxygen atoms in total. The average molecular weight is 324 g/mol. The van der Waals surface area contributed by atoms with Crippen molar-refractivity contribution in [2.75, 3.05) is 23.3 Å². The maximum atomic E-state index is 12.3. The van der Waals surface area contributed by atoms with Crippen LogP contribution in [0.15, 0.2) is 42.6 Å². The average Bonchev–Trinajstić information content (AvgIpc) is 2.60. The molecule has 0 unspecified atom stereocenters. The fourth-order valence-corrected chi connectivity index (χ4v) is 3.18. The van der Waals surface area contributed by atoms with Gasteiger partial charge in [-0.05, 0) is 56.5 Å². The van der Waals surface area contributed by atoms with Crippen molar-refractivity contribution < 1.29 is 9.36 Å². The molecule has 0 radical (unpaired) electrons. The molecule has 4 heteroatoms. The fraction of sp³-hybridized carbons (Fsp3) is 0.400. The van der Waals surface area contributed by atoms with Gasteiger partial charge in [0.2, 0.25) is 6.54 Å². The number of carbonyl (C=O) groups excluding carboxylic acids is 1. The second-order valence-corrected chi connectivity index (χ2v) is 6.55. The van der Waals surface area contributed by atoms with Gasteiger partial charge in [-0.25, -0.2) is 0 Å². The van der Waals surface area contributed by atoms with Gasteiger partial charge >= 0.3 is 0 Å². The Morgan fingerprint density at radius 1 is 1.08 bits per heavy atom. The van der Waals surface area contributed by atoms with Crippen molar-refractivity contribution >= 4 is 17.3 Å². The van der Waals surface area contributed by atoms with E-state index in [2.05, 4.69) is 35.3 Å². The Morgan fingerprint density at radius 3 is 2.50 bits per heavy atom. The first kappa shape index (κ1) is 16.5. The Morgan fingerprint density at radius 2 is 1.79 bits per heavy atom. The normalized spacial score (nSPS) is 14.5. The van der Waals surface area contributed by atoms with E-state index < -0.39 is 0 Å². The highest BCUT2D eigenvalue weighted by Crippen LogP contribution is 2.21. The van der Waals surface area contributed by atoms with Gasteiger partial charge in [0.15, 0.2) is 11.9 Å². The van der Waals surface area contributed by atoms with E-state index in [-0.39, 0.29) is 5.91 Å². The summed E-state index contributed by atoms with van der Waals surface area (Å²) in [6.45, 7) is 6.70. The minimum Gasteiger partial charge on any atom is -0.372 e. The van der Waals surface area contributed by atoms with Gasteiger partial charge in [0.05, 0.1) is 0 Å². The quantitative estimate of drug-likeness (QED) is 0.877. The van der Waals surface area contributed by atoms with E-state index in [0.29, 0.717) is 6.54 Å². The number of nitrogens with one attached hydrogen (secondary N) is 1. The molecule has 126 valence electrons. The number of aromatic nitrogens is 1. The summed E-state index contributed by atoms with van der Waals surface area (Å²) >= 11 is 0. The topological polar surface area (TPSA) is 36.2 Å². The van der Waals surface area contributed by atoms with Gasteiger partial charge in [0, 0.05) is 43.0 Å². The Bertz CT molecular complexity index is 703. The third-order valence-electron chi connectivity index (χ3n) is 4.80. The van der Waals surface area contributed by atoms with Crippen LogP contribution in [0.25, 0.3) is 0 Å². The molecule has 3 rings (SSSR count). The molecule has 24 heavy (non-hydrogen) atoms. The van der Waals surface area contributed by atoms with Crippen LogP contribution in [0.5, 0.6) is 0 Å². The molecule has 1 saturated heterocycles. The van der Waals surface area contributed by atoms with E-state index in [4.69, 9.17) is 0 Å². The highest BCUT2D eigenvalue weighted by atomic mass is 16.1. The number of piperidine rings is 1. The van der Waals surface area contributed by atoms with Crippen LogP contribution in [0.2, 0.25) is 0 Å². The van der Waals surface area contributed by atoms with Gasteiger partial charge in [0.25, 0.3) is 5.91 Å². The molecular weight excluding hydrogens is 298 g/mol. The SMILES string of the molecule is Cc1ccc[n+](CC(=O)Nc2ccc(N3CCCCC3)cc2)c1C. The molecule has 1 aromatic carbocycles. The van der Waals surface area contributed by atoms with E-state index in [1.54, 1.807) is 0 Å². The summed E-state index contributed by atoms with van der Waals surface area (Å²) < 4.78 is 1.98. The first-order valence-corrected chi connectivity index (χ1v) is 8.74. The third kappa shape index (κ3) is 3.94. The molecule has 1 aliphatic heterocycles. The van der Waals surface area contributed by atoms with Gasteiger partial charge in [-0.15, -0.1) is 0 Å². The Labute approximate surface area is 144 Å². The number of hydrogen-bond acceptors (Lipinski definition) is 2. The molecule has 0 atom stereocenters. The maximum absolute atomic E-state index is 12.3. The number of benzene rings is 1. The summed E-state index contributed by atoms with van der Waals surface area (Å²) in [5.41, 5.74) is 4.41. The van der Waals surface area contributed by atoms with E-state index >= 15 is 0 Å². The van der Waals surface area contributed by atoms with Crippen LogP contribution >= 0.6 is 0 Å². The minimum absolute atomic E-state index is 0.000535. The zero-order valence-electron chi connectivity index (χ0n) is 14.6. The second kappa shape index (κ2) is 7.47. The molecule has 0 bridgehead atoms. The van der Waals surface area contributed by atoms with Crippen molar-refractivity contribution in [3.8, 4) is 0 Å². The maximum Gasteiger partial charge on any atom is 0.290 e. The van der Waals surface area contributed by atoms with Crippen molar-refractivity contribution in [2.45, 2.75) is 39.7 Å². The zero-order valence-corrected chi connectivity index (χ0v) is 14.6. The first-order valence-electron chi connectivity index (χ1n) is 8.74. The first-order chi connectivity index (χ1) is 11.6. The molecule has 1 aliphatic rings. The Balaban J connectivity index is 1.61. The number of hydrogen-bond donors (Lipinski definition) is 1. The lowest BCUT2D eigenvalue weighted by molar-refractivity contribution is -0.690. The summed E-state index contributed by atoms with van der Waals surface area (Å²) in [6.07, 6.45) is 5.82. The summed E-state index contributed by atoms with van der Waals surface area (Å²) in [5.74, 6) is -0.000535. The van der Waals surface area contributed by atoms with Crippen molar-refractivity contribution in [3.63, 3.8) is 0 Å². The van der Waals surface area contributed by atoms with E-state index in [1.807, 2.05) is 35.9 Å². The van der Waals surface area contributed by atoms with Gasteiger partial charge in [-0.3, -0.25) is 4.79 Å². The Kier molecular flexibility index (Phi) is 5.14. The van der Waals surface area contributed by atoms with Crippen molar-refractivity contribution in [3.05, 3.63) is 53.9 Å². The monoisotopic (exact) mass is 324 g/mol. The predicted molar refractivity (Wildman–Crippen MR) is 97.2 cm³/mol. The number of amides is 1. The number of carbonyl (C=O) groups is 1. The number of rotatable bonds is 4. The number of aryl methyl sites for hydroxylation is 1. The molecule has 0 aliphatic carbocycles. The minimum atomic E-state index is -0.000535. The molecule has 2 aromatic rings. The van der Waals surface area contributed by atoms with Crippen LogP contribution in [0, 0.1) is 13.8 Å². The third-order valence-corrected chi connectivity index (χ3v) is 4.80. The molecule has 1 fully saturated rings. The van der Waals surface area contributed by atoms with E-state index in [0.717, 1.165) is 24.5 Å². The lowest BCUT2D eigenvalue weighted by Crippen LogP contribution is -2.43. The molecule has 2 heterocycles. The fourth-order valence-electron chi connectivity index (χ4n) is 3.18. The molecule has 0 saturated carbocycles. The van der Waals surface area contributed by atoms with Gasteiger partial charge in [-0.1, -0.05) is 0 Å². The van der Waals surface area contributed by atoms with Crippen LogP contribution in [-0.4, -0.2) is 19.0 Å². The van der Waals surface area contributed by atoms with Gasteiger partial charge in [-0.2, -0.15) is 4.57 Å². The van der Waals surface area contributed by atoms with Crippen LogP contribution in [-0.2, 0) is 11.3 Å². The molecule has 1 amide bonds. The smallest absolute Gasteiger partial charge is 0.290 e. The van der Waals surface area contributed by atoms with Crippen molar-refractivity contribution in [1.82, 2.24) is 0 Å². The van der Waals surface area contributed by atoms with Gasteiger partial charge in [0.1, 0.15) is 0 Å². The summed E-state index contributed by atoms with van der Waals surface area (Å²) in [6, 6.07) is 12.2. The van der Waals surface area contributed by atoms with Gasteiger partial charge < -0.3 is 10.2 Å². The van der Waals surface area contributed by atoms with Crippen molar-refractivity contribution in [1.29, 1.82) is 0 Å². The molecule has 1 N–H and O–H groups in total. The molecular formula is C20H26N3O+. The van der Waals surface area contributed by atoms with E-state index in [9.17, 15) is 4.79 Å². The predicted octanol–water partition coefficient (Wildman–Crippen LogP) is 3.22. The zero-order chi connectivity index (χ0) is 16.9. The molecule has 0 spiro atoms. The summed E-state index contributed by atoms with van der Waals surface area (Å²) in [4.78, 5) is 14.7. The standard InChI is InChI=1S/C20H25N3O/c1-16-7-6-14-23(17(16)2)15-20(24)21-18-8-10-19(11-9-18)22-12-4-3-5-13-22/h6-11,14H,3-5,12-13,15H2,1-2H3/p+1. The van der Waals surface area contributed by atoms with Crippen LogP contribution in [0.1, 0.15) is 30.5 Å². The largest absolute Gasteiger partial charge is 0.372 e. The van der Waals surface area contributed by atoms with Crippen LogP contribution < -0.4 is 14.8 Å². The lowest BCUT2D eigenvalue weighted by atomic mass is 10.1. The molecule has 1 aromatic heterocycles. The van der Waals surface area contributed by atoms with E-state index in [1.165, 1.54) is 30.5 Å². The highest BCUT2D eigenvalue weighted by molar-refractivity contribution is 5.89.